The van der Waals surface area contributed by atoms with E-state index >= 15 is 0 Å². The van der Waals surface area contributed by atoms with Crippen LogP contribution in [0.5, 0.6) is 0 Å². The molecule has 0 N–H and O–H groups in total. The molecule has 7 heavy (non-hydrogen) atoms. The maximum absolute atomic E-state index is 3.62. The molecule has 0 bridgehead atoms. The van der Waals surface area contributed by atoms with Crippen LogP contribution in [0, 0.1) is 0 Å². The molecule has 0 saturated carbocycles. The standard InChI is InChI=1S/C6H11B/c1-5(2)6(3)7-4/h4H2,1-3H3. The van der Waals surface area contributed by atoms with Gasteiger partial charge in [0.2, 0.25) is 0 Å². The molecule has 38 valence electrons. The zero-order valence-electron chi connectivity index (χ0n) is 5.28. The van der Waals surface area contributed by atoms with Gasteiger partial charge < -0.3 is 0 Å². The van der Waals surface area contributed by atoms with E-state index in [-0.39, 0.29) is 0 Å². The van der Waals surface area contributed by atoms with Gasteiger partial charge in [-0.15, -0.1) is 0 Å². The summed E-state index contributed by atoms with van der Waals surface area (Å²) in [7, 11) is 0. The Bertz CT molecular complexity index is 96.7. The van der Waals surface area contributed by atoms with Gasteiger partial charge in [0.15, 0.2) is 0 Å². The second kappa shape index (κ2) is 2.78. The summed E-state index contributed by atoms with van der Waals surface area (Å²) < 4.78 is 0. The molecule has 0 rings (SSSR count). The van der Waals surface area contributed by atoms with E-state index in [9.17, 15) is 0 Å². The van der Waals surface area contributed by atoms with E-state index in [2.05, 4.69) is 27.2 Å². The third kappa shape index (κ3) is 2.38. The monoisotopic (exact) mass is 94.1 g/mol. The number of allylic oxidation sites excluding steroid dienone is 2. The van der Waals surface area contributed by atoms with Crippen molar-refractivity contribution in [1.29, 1.82) is 0 Å². The Morgan fingerprint density at radius 1 is 1.29 bits per heavy atom. The van der Waals surface area contributed by atoms with E-state index in [1.807, 2.05) is 6.92 Å². The molecule has 0 heterocycles. The van der Waals surface area contributed by atoms with Crippen LogP contribution in [0.2, 0.25) is 0 Å². The Morgan fingerprint density at radius 2 is 1.71 bits per heavy atom. The molecular weight excluding hydrogens is 82.9 g/mol. The first kappa shape index (κ1) is 6.67. The van der Waals surface area contributed by atoms with E-state index in [1.54, 1.807) is 0 Å². The van der Waals surface area contributed by atoms with Crippen LogP contribution in [0.25, 0.3) is 0 Å². The SMILES string of the molecule is C=BC(C)=C(C)C. The van der Waals surface area contributed by atoms with Crippen molar-refractivity contribution in [3.8, 4) is 0 Å². The third-order valence-electron chi connectivity index (χ3n) is 1.09. The van der Waals surface area contributed by atoms with Crippen LogP contribution in [-0.2, 0) is 0 Å². The molecule has 0 aliphatic heterocycles. The van der Waals surface area contributed by atoms with Gasteiger partial charge >= 0.3 is 45.2 Å². The Kier molecular flexibility index (Phi) is 2.65. The average molecular weight is 94.0 g/mol. The van der Waals surface area contributed by atoms with Gasteiger partial charge in [-0.1, -0.05) is 0 Å². The second-order valence-electron chi connectivity index (χ2n) is 1.89. The summed E-state index contributed by atoms with van der Waals surface area (Å²) in [5.74, 6) is 0. The van der Waals surface area contributed by atoms with E-state index in [0.717, 1.165) is 0 Å². The van der Waals surface area contributed by atoms with Crippen LogP contribution in [0.1, 0.15) is 20.8 Å². The maximum atomic E-state index is 3.62. The first-order valence-electron chi connectivity index (χ1n) is 2.45. The number of hydrogen-bond donors (Lipinski definition) is 0. The minimum atomic E-state index is 1.28. The van der Waals surface area contributed by atoms with E-state index < -0.39 is 0 Å². The van der Waals surface area contributed by atoms with Crippen molar-refractivity contribution in [1.82, 2.24) is 0 Å². The van der Waals surface area contributed by atoms with E-state index in [0.29, 0.717) is 0 Å². The number of rotatable bonds is 1. The fourth-order valence-electron chi connectivity index (χ4n) is 0.204. The molecule has 0 saturated heterocycles. The van der Waals surface area contributed by atoms with Gasteiger partial charge in [0, 0.05) is 0 Å². The summed E-state index contributed by atoms with van der Waals surface area (Å²) >= 11 is 0. The molecule has 0 aromatic rings. The quantitative estimate of drug-likeness (QED) is 0.431. The molecule has 0 aromatic heterocycles. The molecule has 0 amide bonds. The summed E-state index contributed by atoms with van der Waals surface area (Å²) in [5, 5.41) is 0. The van der Waals surface area contributed by atoms with Gasteiger partial charge in [-0.2, -0.15) is 0 Å². The average Bonchev–Trinajstić information content (AvgIpc) is 1.65. The van der Waals surface area contributed by atoms with Crippen molar-refractivity contribution in [3.05, 3.63) is 11.0 Å². The molecule has 0 radical (unpaired) electrons. The molecule has 0 fully saturated rings. The molecule has 0 aromatic carbocycles. The molecule has 0 aliphatic carbocycles. The summed E-state index contributed by atoms with van der Waals surface area (Å²) in [6.07, 6.45) is 0. The molecule has 0 spiro atoms. The molecule has 1 heteroatoms. The summed E-state index contributed by atoms with van der Waals surface area (Å²) in [5.41, 5.74) is 2.62. The fraction of sp³-hybridized carbons (Fsp3) is 0.500. The van der Waals surface area contributed by atoms with Crippen LogP contribution in [0.3, 0.4) is 0 Å². The Morgan fingerprint density at radius 3 is 1.71 bits per heavy atom. The predicted molar refractivity (Wildman–Crippen MR) is 36.9 cm³/mol. The van der Waals surface area contributed by atoms with E-state index in [4.69, 9.17) is 0 Å². The van der Waals surface area contributed by atoms with Crippen molar-refractivity contribution in [3.63, 3.8) is 0 Å². The first-order chi connectivity index (χ1) is 3.18. The van der Waals surface area contributed by atoms with Crippen molar-refractivity contribution in [2.45, 2.75) is 20.8 Å². The predicted octanol–water partition coefficient (Wildman–Crippen LogP) is 1.44. The summed E-state index contributed by atoms with van der Waals surface area (Å²) in [6.45, 7) is 11.7. The first-order valence-corrected chi connectivity index (χ1v) is 2.45. The molecule has 0 unspecified atom stereocenters. The van der Waals surface area contributed by atoms with Crippen LogP contribution in [-0.4, -0.2) is 13.4 Å². The Hall–Kier alpha value is -0.325. The van der Waals surface area contributed by atoms with Crippen molar-refractivity contribution in [2.75, 3.05) is 0 Å². The van der Waals surface area contributed by atoms with Gasteiger partial charge in [-0.05, 0) is 0 Å². The van der Waals surface area contributed by atoms with Gasteiger partial charge in [-0.3, -0.25) is 0 Å². The van der Waals surface area contributed by atoms with Crippen molar-refractivity contribution < 1.29 is 0 Å². The van der Waals surface area contributed by atoms with Gasteiger partial charge in [-0.25, -0.2) is 0 Å². The zero-order chi connectivity index (χ0) is 5.86. The fourth-order valence-corrected chi connectivity index (χ4v) is 0.204. The topological polar surface area (TPSA) is 0 Å². The third-order valence-corrected chi connectivity index (χ3v) is 1.09. The molecule has 0 nitrogen and oxygen atoms in total. The Labute approximate surface area is 46.1 Å². The van der Waals surface area contributed by atoms with Gasteiger partial charge in [0.25, 0.3) is 0 Å². The molecule has 0 aliphatic rings. The van der Waals surface area contributed by atoms with E-state index in [1.165, 1.54) is 11.0 Å². The normalized spacial score (nSPS) is 7.29. The van der Waals surface area contributed by atoms with Gasteiger partial charge in [0.1, 0.15) is 0 Å². The summed E-state index contributed by atoms with van der Waals surface area (Å²) in [4.78, 5) is 0. The van der Waals surface area contributed by atoms with Crippen LogP contribution in [0.4, 0.5) is 0 Å². The summed E-state index contributed by atoms with van der Waals surface area (Å²) in [6, 6.07) is 0. The molecular formula is C6H11B. The van der Waals surface area contributed by atoms with Crippen LogP contribution < -0.4 is 0 Å². The van der Waals surface area contributed by atoms with Crippen molar-refractivity contribution in [2.24, 2.45) is 0 Å². The van der Waals surface area contributed by atoms with Crippen LogP contribution in [0.15, 0.2) is 11.0 Å². The van der Waals surface area contributed by atoms with Crippen molar-refractivity contribution >= 4 is 13.4 Å². The Balaban J connectivity index is 3.98. The second-order valence-corrected chi connectivity index (χ2v) is 1.89. The minimum absolute atomic E-state index is 1.28. The van der Waals surface area contributed by atoms with Gasteiger partial charge in [0.05, 0.1) is 0 Å². The molecule has 0 atom stereocenters. The zero-order valence-corrected chi connectivity index (χ0v) is 5.28. The van der Waals surface area contributed by atoms with Crippen LogP contribution >= 0.6 is 0 Å². The number of hydrogen-bond acceptors (Lipinski definition) is 0.